The van der Waals surface area contributed by atoms with Crippen molar-refractivity contribution in [3.05, 3.63) is 95.7 Å². The number of rotatable bonds is 6. The van der Waals surface area contributed by atoms with Gasteiger partial charge in [0.05, 0.1) is 19.4 Å². The molecule has 3 aliphatic heterocycles. The first-order valence-electron chi connectivity index (χ1n) is 15.2. The summed E-state index contributed by atoms with van der Waals surface area (Å²) in [5.41, 5.74) is 4.92. The van der Waals surface area contributed by atoms with Crippen LogP contribution < -0.4 is 4.90 Å². The summed E-state index contributed by atoms with van der Waals surface area (Å²) in [6.07, 6.45) is 8.13. The van der Waals surface area contributed by atoms with E-state index in [0.29, 0.717) is 25.8 Å². The van der Waals surface area contributed by atoms with E-state index in [0.717, 1.165) is 49.3 Å². The third-order valence-corrected chi connectivity index (χ3v) is 9.96. The summed E-state index contributed by atoms with van der Waals surface area (Å²) in [4.78, 5) is 25.3. The number of aromatic nitrogens is 3. The number of halogens is 1. The fourth-order valence-electron chi connectivity index (χ4n) is 7.65. The van der Waals surface area contributed by atoms with E-state index in [1.807, 2.05) is 28.2 Å². The van der Waals surface area contributed by atoms with Gasteiger partial charge in [0.25, 0.3) is 0 Å². The Kier molecular flexibility index (Phi) is 6.18. The lowest BCUT2D eigenvalue weighted by atomic mass is 9.84. The Bertz CT molecular complexity index is 1760. The lowest BCUT2D eigenvalue weighted by molar-refractivity contribution is -0.134. The second-order valence-electron chi connectivity index (χ2n) is 12.3. The molecule has 9 heteroatoms. The zero-order valence-corrected chi connectivity index (χ0v) is 24.2. The van der Waals surface area contributed by atoms with Crippen LogP contribution in [0.2, 0.25) is 0 Å². The highest BCUT2D eigenvalue weighted by Crippen LogP contribution is 2.45. The van der Waals surface area contributed by atoms with E-state index in [1.165, 1.54) is 34.0 Å². The predicted molar refractivity (Wildman–Crippen MR) is 165 cm³/mol. The smallest absolute Gasteiger partial charge is 0.250 e. The average Bonchev–Trinajstić information content (AvgIpc) is 3.81. The SMILES string of the molecule is CC1C=NC=C1c1cn(CCN2CN(c3ccc(F)cc3)C3(CCN([C@@H]4Cc5cccc6cccc4c56)CC3)C2=O)nn1. The molecule has 0 radical (unpaired) electrons. The van der Waals surface area contributed by atoms with Crippen LogP contribution in [0, 0.1) is 11.7 Å². The lowest BCUT2D eigenvalue weighted by Crippen LogP contribution is -2.57. The number of aliphatic imine (C=N–C) groups is 1. The molecule has 4 aromatic rings. The van der Waals surface area contributed by atoms with Gasteiger partial charge in [0.15, 0.2) is 0 Å². The van der Waals surface area contributed by atoms with Gasteiger partial charge in [0.2, 0.25) is 5.91 Å². The second kappa shape index (κ2) is 10.1. The normalized spacial score (nSPS) is 22.8. The van der Waals surface area contributed by atoms with Gasteiger partial charge in [-0.1, -0.05) is 48.5 Å². The first kappa shape index (κ1) is 26.3. The molecule has 1 spiro atoms. The van der Waals surface area contributed by atoms with Crippen LogP contribution in [-0.4, -0.2) is 68.8 Å². The third kappa shape index (κ3) is 4.28. The zero-order chi connectivity index (χ0) is 29.1. The number of anilines is 1. The quantitative estimate of drug-likeness (QED) is 0.321. The van der Waals surface area contributed by atoms with Gasteiger partial charge in [-0.2, -0.15) is 0 Å². The monoisotopic (exact) mass is 575 g/mol. The molecule has 0 saturated carbocycles. The predicted octanol–water partition coefficient (Wildman–Crippen LogP) is 5.07. The van der Waals surface area contributed by atoms with Crippen molar-refractivity contribution in [1.82, 2.24) is 24.8 Å². The molecule has 4 heterocycles. The molecule has 0 bridgehead atoms. The van der Waals surface area contributed by atoms with E-state index in [-0.39, 0.29) is 17.6 Å². The molecule has 1 aromatic heterocycles. The molecule has 43 heavy (non-hydrogen) atoms. The van der Waals surface area contributed by atoms with Gasteiger partial charge in [0.1, 0.15) is 17.1 Å². The van der Waals surface area contributed by atoms with Crippen molar-refractivity contribution in [3.8, 4) is 0 Å². The Morgan fingerprint density at radius 1 is 1.00 bits per heavy atom. The first-order chi connectivity index (χ1) is 21.0. The molecular weight excluding hydrogens is 541 g/mol. The van der Waals surface area contributed by atoms with Gasteiger partial charge in [0, 0.05) is 55.3 Å². The number of hydrogen-bond donors (Lipinski definition) is 0. The minimum atomic E-state index is -0.652. The van der Waals surface area contributed by atoms with E-state index >= 15 is 0 Å². The maximum Gasteiger partial charge on any atom is 0.250 e. The van der Waals surface area contributed by atoms with Crippen molar-refractivity contribution >= 4 is 34.2 Å². The highest BCUT2D eigenvalue weighted by Gasteiger charge is 2.54. The van der Waals surface area contributed by atoms with Crippen molar-refractivity contribution in [1.29, 1.82) is 0 Å². The standard InChI is InChI=1S/C34H34FN7O/c1-23-19-36-20-29(23)30-21-41(38-37-30)17-16-40-22-42(27-10-8-26(35)9-11-27)34(33(40)43)12-14-39(15-13-34)31-18-25-6-2-4-24-5-3-7-28(31)32(24)25/h2-11,19-21,23,31H,12-18,22H2,1H3/t23?,31-/m1/s1. The van der Waals surface area contributed by atoms with Crippen molar-refractivity contribution in [2.45, 2.75) is 44.3 Å². The van der Waals surface area contributed by atoms with E-state index < -0.39 is 5.54 Å². The Balaban J connectivity index is 1.02. The minimum Gasteiger partial charge on any atom is -0.339 e. The van der Waals surface area contributed by atoms with Crippen LogP contribution in [0.5, 0.6) is 0 Å². The summed E-state index contributed by atoms with van der Waals surface area (Å²) >= 11 is 0. The second-order valence-corrected chi connectivity index (χ2v) is 12.3. The summed E-state index contributed by atoms with van der Waals surface area (Å²) in [7, 11) is 0. The largest absolute Gasteiger partial charge is 0.339 e. The van der Waals surface area contributed by atoms with Gasteiger partial charge in [-0.25, -0.2) is 4.39 Å². The molecule has 8 nitrogen and oxygen atoms in total. The van der Waals surface area contributed by atoms with Gasteiger partial charge >= 0.3 is 0 Å². The van der Waals surface area contributed by atoms with Crippen LogP contribution >= 0.6 is 0 Å². The number of piperidine rings is 1. The van der Waals surface area contributed by atoms with E-state index in [2.05, 4.69) is 68.4 Å². The Labute approximate surface area is 250 Å². The van der Waals surface area contributed by atoms with Crippen LogP contribution in [0.25, 0.3) is 16.3 Å². The highest BCUT2D eigenvalue weighted by atomic mass is 19.1. The molecule has 3 aromatic carbocycles. The summed E-state index contributed by atoms with van der Waals surface area (Å²) in [5, 5.41) is 11.4. The van der Waals surface area contributed by atoms with E-state index in [9.17, 15) is 9.18 Å². The molecule has 0 N–H and O–H groups in total. The Morgan fingerprint density at radius 3 is 2.56 bits per heavy atom. The maximum atomic E-state index is 14.3. The molecule has 1 aliphatic carbocycles. The molecule has 4 aliphatic rings. The molecule has 8 rings (SSSR count). The molecule has 218 valence electrons. The summed E-state index contributed by atoms with van der Waals surface area (Å²) in [5.74, 6) is 0.0878. The lowest BCUT2D eigenvalue weighted by Gasteiger charge is -2.45. The molecule has 2 fully saturated rings. The molecule has 1 amide bonds. The van der Waals surface area contributed by atoms with Crippen LogP contribution in [0.15, 0.2) is 78.1 Å². The third-order valence-electron chi connectivity index (χ3n) is 9.96. The summed E-state index contributed by atoms with van der Waals surface area (Å²) < 4.78 is 15.7. The first-order valence-corrected chi connectivity index (χ1v) is 15.2. The molecule has 1 unspecified atom stereocenters. The number of amides is 1. The minimum absolute atomic E-state index is 0.147. The maximum absolute atomic E-state index is 14.3. The Hall–Kier alpha value is -4.37. The van der Waals surface area contributed by atoms with Gasteiger partial charge in [-0.15, -0.1) is 5.10 Å². The van der Waals surface area contributed by atoms with E-state index in [4.69, 9.17) is 0 Å². The molecule has 2 saturated heterocycles. The Morgan fingerprint density at radius 2 is 1.79 bits per heavy atom. The topological polar surface area (TPSA) is 69.9 Å². The fourth-order valence-corrected chi connectivity index (χ4v) is 7.65. The van der Waals surface area contributed by atoms with Gasteiger partial charge < -0.3 is 9.80 Å². The van der Waals surface area contributed by atoms with Crippen LogP contribution in [0.1, 0.15) is 42.6 Å². The van der Waals surface area contributed by atoms with Crippen molar-refractivity contribution < 1.29 is 9.18 Å². The molecule has 2 atom stereocenters. The molecular formula is C34H34FN7O. The van der Waals surface area contributed by atoms with Crippen molar-refractivity contribution in [2.24, 2.45) is 10.9 Å². The van der Waals surface area contributed by atoms with E-state index in [1.54, 1.807) is 12.1 Å². The number of likely N-dealkylation sites (tertiary alicyclic amines) is 1. The number of benzene rings is 3. The number of carbonyl (C=O) groups excluding carboxylic acids is 1. The highest BCUT2D eigenvalue weighted by molar-refractivity contribution is 5.94. The summed E-state index contributed by atoms with van der Waals surface area (Å²) in [6.45, 7) is 5.28. The van der Waals surface area contributed by atoms with Gasteiger partial charge in [-0.05, 0) is 65.4 Å². The zero-order valence-electron chi connectivity index (χ0n) is 24.2. The van der Waals surface area contributed by atoms with Crippen LogP contribution in [0.4, 0.5) is 10.1 Å². The number of nitrogens with zero attached hydrogens (tertiary/aromatic N) is 7. The van der Waals surface area contributed by atoms with Crippen LogP contribution in [0.3, 0.4) is 0 Å². The van der Waals surface area contributed by atoms with Crippen molar-refractivity contribution in [3.63, 3.8) is 0 Å². The number of hydrogen-bond acceptors (Lipinski definition) is 6. The van der Waals surface area contributed by atoms with Gasteiger partial charge in [-0.3, -0.25) is 19.4 Å². The number of carbonyl (C=O) groups is 1. The summed E-state index contributed by atoms with van der Waals surface area (Å²) in [6, 6.07) is 20.1. The van der Waals surface area contributed by atoms with Crippen LogP contribution in [-0.2, 0) is 17.8 Å². The average molecular weight is 576 g/mol. The fraction of sp³-hybridized carbons (Fsp3) is 0.353. The van der Waals surface area contributed by atoms with Crippen molar-refractivity contribution in [2.75, 3.05) is 31.2 Å². The number of allylic oxidation sites excluding steroid dienone is 1.